The summed E-state index contributed by atoms with van der Waals surface area (Å²) in [5.41, 5.74) is 6.15. The average molecular weight is 386 g/mol. The summed E-state index contributed by atoms with van der Waals surface area (Å²) in [6.07, 6.45) is 2.04. The lowest BCUT2D eigenvalue weighted by molar-refractivity contribution is -0.123. The highest BCUT2D eigenvalue weighted by molar-refractivity contribution is 5.95. The maximum atomic E-state index is 12.2. The van der Waals surface area contributed by atoms with E-state index in [4.69, 9.17) is 15.2 Å². The van der Waals surface area contributed by atoms with Crippen LogP contribution in [0.1, 0.15) is 33.6 Å². The summed E-state index contributed by atoms with van der Waals surface area (Å²) in [6.45, 7) is 5.60. The second kappa shape index (κ2) is 9.09. The van der Waals surface area contributed by atoms with E-state index in [1.807, 2.05) is 20.8 Å². The first-order valence-corrected chi connectivity index (χ1v) is 8.37. The molecular weight excluding hydrogens is 358 g/mol. The molecule has 1 fully saturated rings. The molecule has 4 N–H and O–H groups in total. The van der Waals surface area contributed by atoms with Crippen molar-refractivity contribution < 1.29 is 19.1 Å². The molecule has 2 amide bonds. The summed E-state index contributed by atoms with van der Waals surface area (Å²) in [5, 5.41) is 5.62. The van der Waals surface area contributed by atoms with Crippen LogP contribution in [0, 0.1) is 5.41 Å². The summed E-state index contributed by atoms with van der Waals surface area (Å²) in [5.74, 6) is 0.414. The zero-order valence-corrected chi connectivity index (χ0v) is 16.4. The van der Waals surface area contributed by atoms with Gasteiger partial charge in [-0.1, -0.05) is 20.8 Å². The molecule has 1 aromatic carbocycles. The number of hydrogen-bond donors (Lipinski definition) is 3. The van der Waals surface area contributed by atoms with Crippen LogP contribution in [0.5, 0.6) is 11.5 Å². The normalized spacial score (nSPS) is 14.7. The number of benzene rings is 1. The van der Waals surface area contributed by atoms with Crippen LogP contribution in [-0.2, 0) is 9.59 Å². The van der Waals surface area contributed by atoms with Crippen LogP contribution in [0.4, 0.5) is 5.69 Å². The van der Waals surface area contributed by atoms with Crippen molar-refractivity contribution in [2.75, 3.05) is 19.0 Å². The molecule has 1 saturated carbocycles. The van der Waals surface area contributed by atoms with Gasteiger partial charge in [0.25, 0.3) is 5.91 Å². The minimum Gasteiger partial charge on any atom is -0.493 e. The van der Waals surface area contributed by atoms with E-state index in [1.54, 1.807) is 18.2 Å². The molecule has 0 aliphatic heterocycles. The maximum Gasteiger partial charge on any atom is 0.258 e. The van der Waals surface area contributed by atoms with Crippen molar-refractivity contribution in [2.45, 2.75) is 45.7 Å². The zero-order valence-electron chi connectivity index (χ0n) is 15.6. The lowest BCUT2D eigenvalue weighted by Gasteiger charge is -2.26. The molecule has 1 atom stereocenters. The molecule has 0 radical (unpaired) electrons. The second-order valence-corrected chi connectivity index (χ2v) is 7.33. The minimum absolute atomic E-state index is 0. The van der Waals surface area contributed by atoms with Crippen LogP contribution < -0.4 is 25.8 Å². The van der Waals surface area contributed by atoms with Gasteiger partial charge in [-0.15, -0.1) is 12.4 Å². The van der Waals surface area contributed by atoms with E-state index in [-0.39, 0.29) is 42.3 Å². The number of nitrogens with two attached hydrogens (primary N) is 1. The third-order valence-electron chi connectivity index (χ3n) is 3.95. The van der Waals surface area contributed by atoms with Gasteiger partial charge in [0, 0.05) is 17.8 Å². The Bertz CT molecular complexity index is 642. The fraction of sp³-hybridized carbons (Fsp3) is 0.556. The van der Waals surface area contributed by atoms with Gasteiger partial charge < -0.3 is 25.8 Å². The van der Waals surface area contributed by atoms with Crippen LogP contribution in [0.25, 0.3) is 0 Å². The predicted octanol–water partition coefficient (Wildman–Crippen LogP) is 2.09. The van der Waals surface area contributed by atoms with E-state index >= 15 is 0 Å². The van der Waals surface area contributed by atoms with E-state index < -0.39 is 6.04 Å². The number of anilines is 1. The fourth-order valence-electron chi connectivity index (χ4n) is 2.12. The lowest BCUT2D eigenvalue weighted by Crippen LogP contribution is -2.45. The van der Waals surface area contributed by atoms with Crippen molar-refractivity contribution in [1.29, 1.82) is 0 Å². The molecule has 26 heavy (non-hydrogen) atoms. The standard InChI is InChI=1S/C18H27N3O4.ClH/c1-18(2,3)16(19)17(23)21-12-7-8-13(24-4)14(9-12)25-10-15(22)20-11-5-6-11;/h7-9,11,16H,5-6,10,19H2,1-4H3,(H,20,22)(H,21,23);1H/t16-;/m1./s1. The second-order valence-electron chi connectivity index (χ2n) is 7.33. The van der Waals surface area contributed by atoms with Crippen LogP contribution in [0.3, 0.4) is 0 Å². The summed E-state index contributed by atoms with van der Waals surface area (Å²) >= 11 is 0. The molecule has 7 nitrogen and oxygen atoms in total. The number of rotatable bonds is 7. The number of methoxy groups -OCH3 is 1. The van der Waals surface area contributed by atoms with Crippen LogP contribution in [0.2, 0.25) is 0 Å². The minimum atomic E-state index is -0.650. The average Bonchev–Trinajstić information content (AvgIpc) is 3.35. The number of nitrogens with one attached hydrogen (secondary N) is 2. The number of amides is 2. The SMILES string of the molecule is COc1ccc(NC(=O)[C@@H](N)C(C)(C)C)cc1OCC(=O)NC1CC1.Cl. The summed E-state index contributed by atoms with van der Waals surface area (Å²) in [7, 11) is 1.51. The van der Waals surface area contributed by atoms with Crippen molar-refractivity contribution in [3.63, 3.8) is 0 Å². The molecule has 1 aromatic rings. The third-order valence-corrected chi connectivity index (χ3v) is 3.95. The van der Waals surface area contributed by atoms with Gasteiger partial charge in [-0.2, -0.15) is 0 Å². The van der Waals surface area contributed by atoms with E-state index in [0.29, 0.717) is 17.2 Å². The Morgan fingerprint density at radius 3 is 2.46 bits per heavy atom. The molecule has 146 valence electrons. The van der Waals surface area contributed by atoms with Crippen molar-refractivity contribution in [1.82, 2.24) is 5.32 Å². The van der Waals surface area contributed by atoms with Crippen LogP contribution in [0.15, 0.2) is 18.2 Å². The van der Waals surface area contributed by atoms with Crippen molar-refractivity contribution >= 4 is 29.9 Å². The summed E-state index contributed by atoms with van der Waals surface area (Å²) < 4.78 is 10.8. The Balaban J connectivity index is 0.00000338. The number of ether oxygens (including phenoxy) is 2. The quantitative estimate of drug-likeness (QED) is 0.666. The molecule has 0 saturated heterocycles. The zero-order chi connectivity index (χ0) is 18.6. The summed E-state index contributed by atoms with van der Waals surface area (Å²) in [6, 6.07) is 4.62. The van der Waals surface area contributed by atoms with Gasteiger partial charge in [-0.25, -0.2) is 0 Å². The predicted molar refractivity (Wildman–Crippen MR) is 103 cm³/mol. The van der Waals surface area contributed by atoms with Crippen LogP contribution in [-0.4, -0.2) is 37.6 Å². The van der Waals surface area contributed by atoms with Gasteiger partial charge in [-0.05, 0) is 30.4 Å². The molecule has 0 heterocycles. The van der Waals surface area contributed by atoms with Gasteiger partial charge in [0.2, 0.25) is 5.91 Å². The molecule has 0 unspecified atom stereocenters. The maximum absolute atomic E-state index is 12.2. The van der Waals surface area contributed by atoms with E-state index in [0.717, 1.165) is 12.8 Å². The highest BCUT2D eigenvalue weighted by Gasteiger charge is 2.27. The third kappa shape index (κ3) is 6.38. The van der Waals surface area contributed by atoms with Crippen molar-refractivity contribution in [2.24, 2.45) is 11.1 Å². The lowest BCUT2D eigenvalue weighted by atomic mass is 9.87. The topological polar surface area (TPSA) is 103 Å². The fourth-order valence-corrected chi connectivity index (χ4v) is 2.12. The molecule has 0 bridgehead atoms. The first-order valence-electron chi connectivity index (χ1n) is 8.37. The van der Waals surface area contributed by atoms with Crippen molar-refractivity contribution in [3.05, 3.63) is 18.2 Å². The Morgan fingerprint density at radius 2 is 1.92 bits per heavy atom. The highest BCUT2D eigenvalue weighted by atomic mass is 35.5. The van der Waals surface area contributed by atoms with Gasteiger partial charge in [0.1, 0.15) is 0 Å². The molecule has 1 aliphatic carbocycles. The largest absolute Gasteiger partial charge is 0.493 e. The first-order chi connectivity index (χ1) is 11.7. The molecule has 0 aromatic heterocycles. The number of carbonyl (C=O) groups is 2. The van der Waals surface area contributed by atoms with Gasteiger partial charge in [0.15, 0.2) is 18.1 Å². The van der Waals surface area contributed by atoms with Gasteiger partial charge >= 0.3 is 0 Å². The Kier molecular flexibility index (Phi) is 7.71. The van der Waals surface area contributed by atoms with Gasteiger partial charge in [-0.3, -0.25) is 9.59 Å². The van der Waals surface area contributed by atoms with E-state index in [2.05, 4.69) is 10.6 Å². The smallest absolute Gasteiger partial charge is 0.258 e. The Labute approximate surface area is 160 Å². The van der Waals surface area contributed by atoms with Crippen molar-refractivity contribution in [3.8, 4) is 11.5 Å². The first kappa shape index (κ1) is 22.1. The van der Waals surface area contributed by atoms with E-state index in [9.17, 15) is 9.59 Å². The summed E-state index contributed by atoms with van der Waals surface area (Å²) in [4.78, 5) is 24.0. The van der Waals surface area contributed by atoms with Gasteiger partial charge in [0.05, 0.1) is 13.2 Å². The number of carbonyl (C=O) groups excluding carboxylic acids is 2. The molecular formula is C18H28ClN3O4. The molecule has 2 rings (SSSR count). The Hall–Kier alpha value is -1.99. The molecule has 0 spiro atoms. The van der Waals surface area contributed by atoms with Crippen LogP contribution >= 0.6 is 12.4 Å². The number of hydrogen-bond acceptors (Lipinski definition) is 5. The molecule has 8 heteroatoms. The monoisotopic (exact) mass is 385 g/mol. The van der Waals surface area contributed by atoms with E-state index in [1.165, 1.54) is 7.11 Å². The number of halogens is 1. The molecule has 1 aliphatic rings. The highest BCUT2D eigenvalue weighted by Crippen LogP contribution is 2.30. The Morgan fingerprint density at radius 1 is 1.27 bits per heavy atom.